The van der Waals surface area contributed by atoms with E-state index in [4.69, 9.17) is 27.6 Å². The van der Waals surface area contributed by atoms with Crippen molar-refractivity contribution in [3.63, 3.8) is 0 Å². The van der Waals surface area contributed by atoms with E-state index in [0.717, 1.165) is 16.6 Å². The number of amides is 1. The number of carbonyl (C=O) groups is 1. The van der Waals surface area contributed by atoms with Crippen LogP contribution in [0.25, 0.3) is 22.6 Å². The summed E-state index contributed by atoms with van der Waals surface area (Å²) in [5.41, 5.74) is 4.19. The quantitative estimate of drug-likeness (QED) is 0.438. The smallest absolute Gasteiger partial charge is 0.257 e. The Morgan fingerprint density at radius 2 is 1.85 bits per heavy atom. The first kappa shape index (κ1) is 17.6. The predicted molar refractivity (Wildman–Crippen MR) is 109 cm³/mol. The van der Waals surface area contributed by atoms with Crippen molar-refractivity contribution < 1.29 is 9.21 Å². The van der Waals surface area contributed by atoms with Crippen molar-refractivity contribution in [1.29, 1.82) is 0 Å². The summed E-state index contributed by atoms with van der Waals surface area (Å²) in [5, 5.41) is 3.67. The van der Waals surface area contributed by atoms with E-state index < -0.39 is 0 Å². The summed E-state index contributed by atoms with van der Waals surface area (Å²) in [7, 11) is 0. The SMILES string of the molecule is Cc1ccc(-c2nc3ccccc3o2)cc1NC(=O)c1ccc(Cl)cc1Cl. The molecule has 4 nitrogen and oxygen atoms in total. The Morgan fingerprint density at radius 3 is 2.63 bits per heavy atom. The number of anilines is 1. The van der Waals surface area contributed by atoms with Crippen molar-refractivity contribution in [2.75, 3.05) is 5.32 Å². The van der Waals surface area contributed by atoms with Crippen molar-refractivity contribution in [2.45, 2.75) is 6.92 Å². The van der Waals surface area contributed by atoms with Gasteiger partial charge in [0.25, 0.3) is 5.91 Å². The molecule has 1 aromatic heterocycles. The largest absolute Gasteiger partial charge is 0.436 e. The zero-order valence-corrected chi connectivity index (χ0v) is 15.8. The monoisotopic (exact) mass is 396 g/mol. The lowest BCUT2D eigenvalue weighted by atomic mass is 10.1. The van der Waals surface area contributed by atoms with Gasteiger partial charge in [-0.05, 0) is 55.0 Å². The van der Waals surface area contributed by atoms with Gasteiger partial charge in [-0.3, -0.25) is 4.79 Å². The van der Waals surface area contributed by atoms with Gasteiger partial charge >= 0.3 is 0 Å². The fraction of sp³-hybridized carbons (Fsp3) is 0.0476. The van der Waals surface area contributed by atoms with Crippen LogP contribution in [-0.4, -0.2) is 10.9 Å². The first-order valence-corrected chi connectivity index (χ1v) is 9.00. The third-order valence-corrected chi connectivity index (χ3v) is 4.75. The molecule has 0 spiro atoms. The minimum Gasteiger partial charge on any atom is -0.436 e. The van der Waals surface area contributed by atoms with E-state index in [0.29, 0.717) is 32.8 Å². The maximum atomic E-state index is 12.6. The Kier molecular flexibility index (Phi) is 4.60. The molecule has 0 aliphatic carbocycles. The number of hydrogen-bond acceptors (Lipinski definition) is 3. The summed E-state index contributed by atoms with van der Waals surface area (Å²) in [6.45, 7) is 1.91. The number of oxazole rings is 1. The maximum absolute atomic E-state index is 12.6. The number of rotatable bonds is 3. The number of hydrogen-bond donors (Lipinski definition) is 1. The van der Waals surface area contributed by atoms with Gasteiger partial charge in [-0.25, -0.2) is 4.98 Å². The minimum absolute atomic E-state index is 0.299. The molecule has 0 aliphatic rings. The van der Waals surface area contributed by atoms with Gasteiger partial charge in [0, 0.05) is 16.3 Å². The number of aryl methyl sites for hydroxylation is 1. The van der Waals surface area contributed by atoms with Gasteiger partial charge in [-0.15, -0.1) is 0 Å². The molecule has 0 atom stereocenters. The maximum Gasteiger partial charge on any atom is 0.257 e. The van der Waals surface area contributed by atoms with Gasteiger partial charge in [0.1, 0.15) is 5.52 Å². The molecule has 6 heteroatoms. The van der Waals surface area contributed by atoms with Gasteiger partial charge < -0.3 is 9.73 Å². The third kappa shape index (κ3) is 3.54. The Labute approximate surface area is 165 Å². The van der Waals surface area contributed by atoms with Crippen molar-refractivity contribution in [1.82, 2.24) is 4.98 Å². The van der Waals surface area contributed by atoms with E-state index in [2.05, 4.69) is 10.3 Å². The summed E-state index contributed by atoms with van der Waals surface area (Å²) in [6, 6.07) is 18.0. The Balaban J connectivity index is 1.67. The molecule has 1 amide bonds. The van der Waals surface area contributed by atoms with Crippen LogP contribution >= 0.6 is 23.2 Å². The lowest BCUT2D eigenvalue weighted by Gasteiger charge is -2.11. The van der Waals surface area contributed by atoms with Crippen LogP contribution in [0.15, 0.2) is 65.1 Å². The normalized spacial score (nSPS) is 10.9. The molecule has 4 rings (SSSR count). The van der Waals surface area contributed by atoms with E-state index in [-0.39, 0.29) is 5.91 Å². The first-order valence-electron chi connectivity index (χ1n) is 8.24. The van der Waals surface area contributed by atoms with Crippen LogP contribution in [0.4, 0.5) is 5.69 Å². The highest BCUT2D eigenvalue weighted by Crippen LogP contribution is 2.29. The summed E-state index contributed by atoms with van der Waals surface area (Å²) in [6.07, 6.45) is 0. The van der Waals surface area contributed by atoms with Gasteiger partial charge in [-0.2, -0.15) is 0 Å². The van der Waals surface area contributed by atoms with Crippen LogP contribution in [0.5, 0.6) is 0 Å². The van der Waals surface area contributed by atoms with E-state index in [1.807, 2.05) is 49.4 Å². The van der Waals surface area contributed by atoms with Crippen molar-refractivity contribution in [3.8, 4) is 11.5 Å². The van der Waals surface area contributed by atoms with Gasteiger partial charge in [0.05, 0.1) is 10.6 Å². The Bertz CT molecular complexity index is 1140. The van der Waals surface area contributed by atoms with Crippen molar-refractivity contribution >= 4 is 45.9 Å². The van der Waals surface area contributed by atoms with E-state index in [9.17, 15) is 4.79 Å². The van der Waals surface area contributed by atoms with Crippen LogP contribution in [0, 0.1) is 6.92 Å². The summed E-state index contributed by atoms with van der Waals surface area (Å²) >= 11 is 12.0. The highest BCUT2D eigenvalue weighted by Gasteiger charge is 2.14. The van der Waals surface area contributed by atoms with Crippen LogP contribution in [0.3, 0.4) is 0 Å². The predicted octanol–water partition coefficient (Wildman–Crippen LogP) is 6.36. The zero-order valence-electron chi connectivity index (χ0n) is 14.3. The lowest BCUT2D eigenvalue weighted by Crippen LogP contribution is -2.13. The fourth-order valence-corrected chi connectivity index (χ4v) is 3.24. The summed E-state index contributed by atoms with van der Waals surface area (Å²) < 4.78 is 5.81. The third-order valence-electron chi connectivity index (χ3n) is 4.20. The molecule has 0 fully saturated rings. The van der Waals surface area contributed by atoms with Crippen molar-refractivity contribution in [2.24, 2.45) is 0 Å². The van der Waals surface area contributed by atoms with Crippen molar-refractivity contribution in [3.05, 3.63) is 81.8 Å². The average Bonchev–Trinajstić information content (AvgIpc) is 3.07. The summed E-state index contributed by atoms with van der Waals surface area (Å²) in [5.74, 6) is 0.186. The second-order valence-electron chi connectivity index (χ2n) is 6.09. The van der Waals surface area contributed by atoms with Gasteiger partial charge in [0.2, 0.25) is 5.89 Å². The zero-order chi connectivity index (χ0) is 19.0. The average molecular weight is 397 g/mol. The number of nitrogens with one attached hydrogen (secondary N) is 1. The fourth-order valence-electron chi connectivity index (χ4n) is 2.75. The highest BCUT2D eigenvalue weighted by atomic mass is 35.5. The molecule has 134 valence electrons. The molecule has 4 aromatic rings. The number of fused-ring (bicyclic) bond motifs is 1. The van der Waals surface area contributed by atoms with Crippen LogP contribution in [0.2, 0.25) is 10.0 Å². The highest BCUT2D eigenvalue weighted by molar-refractivity contribution is 6.37. The molecule has 1 heterocycles. The lowest BCUT2D eigenvalue weighted by molar-refractivity contribution is 0.102. The number of para-hydroxylation sites is 2. The number of benzene rings is 3. The molecule has 0 bridgehead atoms. The van der Waals surface area contributed by atoms with E-state index in [1.54, 1.807) is 18.2 Å². The number of aromatic nitrogens is 1. The molecule has 3 aromatic carbocycles. The molecule has 0 saturated heterocycles. The molecule has 27 heavy (non-hydrogen) atoms. The van der Waals surface area contributed by atoms with E-state index >= 15 is 0 Å². The summed E-state index contributed by atoms with van der Waals surface area (Å²) in [4.78, 5) is 17.1. The minimum atomic E-state index is -0.311. The topological polar surface area (TPSA) is 55.1 Å². The van der Waals surface area contributed by atoms with Crippen LogP contribution in [0.1, 0.15) is 15.9 Å². The molecule has 1 N–H and O–H groups in total. The number of halogens is 2. The van der Waals surface area contributed by atoms with Gasteiger partial charge in [-0.1, -0.05) is 41.4 Å². The Hall–Kier alpha value is -2.82. The molecule has 0 radical (unpaired) electrons. The number of carbonyl (C=O) groups excluding carboxylic acids is 1. The Morgan fingerprint density at radius 1 is 1.04 bits per heavy atom. The molecule has 0 aliphatic heterocycles. The first-order chi connectivity index (χ1) is 13.0. The second-order valence-corrected chi connectivity index (χ2v) is 6.94. The molecular formula is C21H14Cl2N2O2. The molecule has 0 unspecified atom stereocenters. The molecular weight excluding hydrogens is 383 g/mol. The second kappa shape index (κ2) is 7.06. The van der Waals surface area contributed by atoms with Crippen LogP contribution < -0.4 is 5.32 Å². The molecule has 0 saturated carbocycles. The van der Waals surface area contributed by atoms with Gasteiger partial charge in [0.15, 0.2) is 5.58 Å². The van der Waals surface area contributed by atoms with Crippen LogP contribution in [-0.2, 0) is 0 Å². The number of nitrogens with zero attached hydrogens (tertiary/aromatic N) is 1. The van der Waals surface area contributed by atoms with E-state index in [1.165, 1.54) is 0 Å². The standard InChI is InChI=1S/C21H14Cl2N2O2/c1-12-6-7-13(21-25-17-4-2-3-5-19(17)27-21)10-18(12)24-20(26)15-9-8-14(22)11-16(15)23/h2-11H,1H3,(H,24,26).